The van der Waals surface area contributed by atoms with Crippen LogP contribution in [0.1, 0.15) is 15.9 Å². The van der Waals surface area contributed by atoms with Crippen molar-refractivity contribution in [2.45, 2.75) is 6.92 Å². The third kappa shape index (κ3) is 6.53. The number of rotatable bonds is 7. The first-order valence-corrected chi connectivity index (χ1v) is 6.61. The van der Waals surface area contributed by atoms with Crippen molar-refractivity contribution in [1.29, 1.82) is 0 Å². The number of nitrogens with two attached hydrogens (primary N) is 1. The molecule has 5 N–H and O–H groups in total. The van der Waals surface area contributed by atoms with E-state index in [2.05, 4.69) is 16.0 Å². The normalized spacial score (nSPS) is 9.81. The number of nitrogens with one attached hydrogen (secondary N) is 3. The van der Waals surface area contributed by atoms with Crippen LogP contribution in [0, 0.1) is 6.92 Å². The van der Waals surface area contributed by atoms with Gasteiger partial charge in [0.2, 0.25) is 11.8 Å². The number of hydrogen-bond donors (Lipinski definition) is 4. The minimum atomic E-state index is -0.391. The zero-order valence-electron chi connectivity index (χ0n) is 11.9. The molecule has 0 bridgehead atoms. The molecule has 1 aromatic rings. The Hall–Kier alpha value is -2.41. The minimum absolute atomic E-state index is 0.123. The summed E-state index contributed by atoms with van der Waals surface area (Å²) >= 11 is 0. The molecule has 21 heavy (non-hydrogen) atoms. The Bertz CT molecular complexity index is 499. The summed E-state index contributed by atoms with van der Waals surface area (Å²) in [5.74, 6) is -0.917. The molecule has 7 heteroatoms. The molecule has 0 aliphatic rings. The number of benzene rings is 1. The first kappa shape index (κ1) is 16.6. The molecule has 1 aromatic carbocycles. The largest absolute Gasteiger partial charge is 0.353 e. The van der Waals surface area contributed by atoms with Crippen molar-refractivity contribution in [2.75, 3.05) is 26.2 Å². The topological polar surface area (TPSA) is 113 Å². The second-order valence-corrected chi connectivity index (χ2v) is 4.45. The van der Waals surface area contributed by atoms with Crippen molar-refractivity contribution in [3.8, 4) is 0 Å². The smallest absolute Gasteiger partial charge is 0.251 e. The van der Waals surface area contributed by atoms with Crippen LogP contribution in [-0.2, 0) is 9.59 Å². The van der Waals surface area contributed by atoms with Crippen LogP contribution in [0.4, 0.5) is 0 Å². The maximum absolute atomic E-state index is 11.8. The van der Waals surface area contributed by atoms with Crippen LogP contribution in [0.15, 0.2) is 24.3 Å². The summed E-state index contributed by atoms with van der Waals surface area (Å²) < 4.78 is 0. The van der Waals surface area contributed by atoms with Gasteiger partial charge >= 0.3 is 0 Å². The van der Waals surface area contributed by atoms with E-state index in [1.807, 2.05) is 19.1 Å². The number of carbonyl (C=O) groups is 3. The van der Waals surface area contributed by atoms with Gasteiger partial charge < -0.3 is 21.7 Å². The first-order valence-electron chi connectivity index (χ1n) is 6.61. The van der Waals surface area contributed by atoms with E-state index < -0.39 is 5.91 Å². The predicted molar refractivity (Wildman–Crippen MR) is 78.6 cm³/mol. The average Bonchev–Trinajstić information content (AvgIpc) is 2.49. The lowest BCUT2D eigenvalue weighted by molar-refractivity contribution is -0.125. The lowest BCUT2D eigenvalue weighted by Gasteiger charge is -2.08. The van der Waals surface area contributed by atoms with Crippen molar-refractivity contribution in [1.82, 2.24) is 16.0 Å². The molecule has 114 valence electrons. The van der Waals surface area contributed by atoms with Gasteiger partial charge in [0.05, 0.1) is 13.1 Å². The van der Waals surface area contributed by atoms with Gasteiger partial charge in [-0.15, -0.1) is 0 Å². The lowest BCUT2D eigenvalue weighted by atomic mass is 10.1. The third-order valence-corrected chi connectivity index (χ3v) is 2.68. The van der Waals surface area contributed by atoms with Crippen molar-refractivity contribution in [2.24, 2.45) is 5.73 Å². The predicted octanol–water partition coefficient (Wildman–Crippen LogP) is -1.08. The molecule has 0 saturated carbocycles. The number of aryl methyl sites for hydroxylation is 1. The van der Waals surface area contributed by atoms with Crippen molar-refractivity contribution >= 4 is 17.7 Å². The highest BCUT2D eigenvalue weighted by Crippen LogP contribution is 2.02. The van der Waals surface area contributed by atoms with Crippen LogP contribution >= 0.6 is 0 Å². The molecule has 0 atom stereocenters. The van der Waals surface area contributed by atoms with E-state index in [0.717, 1.165) is 5.56 Å². The zero-order chi connectivity index (χ0) is 15.7. The van der Waals surface area contributed by atoms with Crippen LogP contribution in [0.5, 0.6) is 0 Å². The summed E-state index contributed by atoms with van der Waals surface area (Å²) in [5.41, 5.74) is 6.74. The van der Waals surface area contributed by atoms with Gasteiger partial charge in [-0.3, -0.25) is 14.4 Å². The van der Waals surface area contributed by atoms with Gasteiger partial charge in [0.25, 0.3) is 5.91 Å². The highest BCUT2D eigenvalue weighted by atomic mass is 16.2. The molecule has 3 amide bonds. The van der Waals surface area contributed by atoms with E-state index in [9.17, 15) is 14.4 Å². The number of hydrogen-bond acceptors (Lipinski definition) is 4. The van der Waals surface area contributed by atoms with E-state index >= 15 is 0 Å². The fourth-order valence-corrected chi connectivity index (χ4v) is 1.50. The summed E-state index contributed by atoms with van der Waals surface area (Å²) in [5, 5.41) is 7.61. The van der Waals surface area contributed by atoms with Gasteiger partial charge in [-0.1, -0.05) is 17.7 Å². The second kappa shape index (κ2) is 8.70. The average molecular weight is 292 g/mol. The van der Waals surface area contributed by atoms with Gasteiger partial charge in [-0.2, -0.15) is 0 Å². The van der Waals surface area contributed by atoms with Crippen LogP contribution in [0.3, 0.4) is 0 Å². The quantitative estimate of drug-likeness (QED) is 0.478. The van der Waals surface area contributed by atoms with Crippen LogP contribution in [0.2, 0.25) is 0 Å². The molecule has 0 saturated heterocycles. The molecule has 0 aliphatic carbocycles. The van der Waals surface area contributed by atoms with Crippen molar-refractivity contribution in [3.05, 3.63) is 35.4 Å². The monoisotopic (exact) mass is 292 g/mol. The summed E-state index contributed by atoms with van der Waals surface area (Å²) in [6, 6.07) is 7.20. The standard InChI is InChI=1S/C14H20N4O3/c1-10-2-4-11(5-3-10)14(21)17-7-6-16-13(20)9-18-12(19)8-15/h2-5H,6-9,15H2,1H3,(H,16,20)(H,17,21)(H,18,19). The maximum Gasteiger partial charge on any atom is 0.251 e. The Labute approximate surface area is 123 Å². The summed E-state index contributed by atoms with van der Waals surface area (Å²) in [7, 11) is 0. The first-order chi connectivity index (χ1) is 10.0. The molecular weight excluding hydrogens is 272 g/mol. The van der Waals surface area contributed by atoms with Crippen LogP contribution in [0.25, 0.3) is 0 Å². The molecule has 1 rings (SSSR count). The van der Waals surface area contributed by atoms with E-state index in [-0.39, 0.29) is 31.4 Å². The van der Waals surface area contributed by atoms with Crippen LogP contribution < -0.4 is 21.7 Å². The summed E-state index contributed by atoms with van der Waals surface area (Å²) in [6.45, 7) is 2.26. The van der Waals surface area contributed by atoms with Gasteiger partial charge in [0.1, 0.15) is 0 Å². The Balaban J connectivity index is 2.19. The third-order valence-electron chi connectivity index (χ3n) is 2.68. The molecule has 0 spiro atoms. The molecule has 0 aromatic heterocycles. The minimum Gasteiger partial charge on any atom is -0.353 e. The maximum atomic E-state index is 11.8. The van der Waals surface area contributed by atoms with E-state index in [0.29, 0.717) is 12.1 Å². The van der Waals surface area contributed by atoms with E-state index in [1.54, 1.807) is 12.1 Å². The highest BCUT2D eigenvalue weighted by Gasteiger charge is 2.05. The number of carbonyl (C=O) groups excluding carboxylic acids is 3. The van der Waals surface area contributed by atoms with E-state index in [1.165, 1.54) is 0 Å². The number of amides is 3. The highest BCUT2D eigenvalue weighted by molar-refractivity contribution is 5.94. The fraction of sp³-hybridized carbons (Fsp3) is 0.357. The Morgan fingerprint density at radius 3 is 2.19 bits per heavy atom. The fourth-order valence-electron chi connectivity index (χ4n) is 1.50. The molecule has 0 fully saturated rings. The van der Waals surface area contributed by atoms with Gasteiger partial charge in [-0.05, 0) is 19.1 Å². The Kier molecular flexibility index (Phi) is 6.90. The van der Waals surface area contributed by atoms with Crippen molar-refractivity contribution < 1.29 is 14.4 Å². The molecule has 0 unspecified atom stereocenters. The Morgan fingerprint density at radius 2 is 1.57 bits per heavy atom. The summed E-state index contributed by atoms with van der Waals surface area (Å²) in [4.78, 5) is 33.9. The Morgan fingerprint density at radius 1 is 0.952 bits per heavy atom. The SMILES string of the molecule is Cc1ccc(C(=O)NCCNC(=O)CNC(=O)CN)cc1. The van der Waals surface area contributed by atoms with Crippen molar-refractivity contribution in [3.63, 3.8) is 0 Å². The molecule has 7 nitrogen and oxygen atoms in total. The van der Waals surface area contributed by atoms with Crippen LogP contribution in [-0.4, -0.2) is 43.9 Å². The molecule has 0 heterocycles. The molecule has 0 aliphatic heterocycles. The van der Waals surface area contributed by atoms with Gasteiger partial charge in [-0.25, -0.2) is 0 Å². The molecular formula is C14H20N4O3. The zero-order valence-corrected chi connectivity index (χ0v) is 11.9. The van der Waals surface area contributed by atoms with Gasteiger partial charge in [0.15, 0.2) is 0 Å². The summed E-state index contributed by atoms with van der Waals surface area (Å²) in [6.07, 6.45) is 0. The lowest BCUT2D eigenvalue weighted by Crippen LogP contribution is -2.41. The van der Waals surface area contributed by atoms with Gasteiger partial charge in [0, 0.05) is 18.7 Å². The van der Waals surface area contributed by atoms with E-state index in [4.69, 9.17) is 5.73 Å². The molecule has 0 radical (unpaired) electrons. The second-order valence-electron chi connectivity index (χ2n) is 4.45.